The van der Waals surface area contributed by atoms with Gasteiger partial charge in [-0.1, -0.05) is 11.6 Å². The summed E-state index contributed by atoms with van der Waals surface area (Å²) in [4.78, 5) is 10.6. The monoisotopic (exact) mass is 217 g/mol. The highest BCUT2D eigenvalue weighted by Crippen LogP contribution is 2.24. The topological polar surface area (TPSA) is 63.3 Å². The first-order valence-corrected chi connectivity index (χ1v) is 4.29. The molecule has 1 aromatic carbocycles. The van der Waals surface area contributed by atoms with Crippen molar-refractivity contribution in [2.45, 2.75) is 13.0 Å². The fourth-order valence-corrected chi connectivity index (χ4v) is 1.33. The zero-order chi connectivity index (χ0) is 10.9. The third-order valence-corrected chi connectivity index (χ3v) is 2.12. The van der Waals surface area contributed by atoms with Crippen molar-refractivity contribution in [2.24, 2.45) is 5.73 Å². The number of halogens is 2. The van der Waals surface area contributed by atoms with Crippen LogP contribution in [-0.2, 0) is 0 Å². The molecule has 1 aromatic rings. The molecule has 0 saturated carbocycles. The van der Waals surface area contributed by atoms with Gasteiger partial charge in [0.15, 0.2) is 0 Å². The van der Waals surface area contributed by atoms with E-state index >= 15 is 0 Å². The van der Waals surface area contributed by atoms with Gasteiger partial charge in [-0.05, 0) is 19.1 Å². The number of benzene rings is 1. The summed E-state index contributed by atoms with van der Waals surface area (Å²) in [5.74, 6) is -1.91. The van der Waals surface area contributed by atoms with E-state index in [2.05, 4.69) is 0 Å². The molecule has 0 fully saturated rings. The van der Waals surface area contributed by atoms with E-state index in [0.29, 0.717) is 0 Å². The number of carboxylic acids is 1. The number of carbonyl (C=O) groups is 1. The molecule has 0 bridgehead atoms. The van der Waals surface area contributed by atoms with Gasteiger partial charge in [0, 0.05) is 11.6 Å². The maximum atomic E-state index is 13.2. The number of aromatic carboxylic acids is 1. The molecule has 0 spiro atoms. The Labute approximate surface area is 85.3 Å². The molecular formula is C9H9ClFNO2. The maximum absolute atomic E-state index is 13.2. The van der Waals surface area contributed by atoms with Crippen LogP contribution in [-0.4, -0.2) is 11.1 Å². The number of hydrogen-bond acceptors (Lipinski definition) is 2. The Balaban J connectivity index is 3.31. The summed E-state index contributed by atoms with van der Waals surface area (Å²) in [5.41, 5.74) is 5.42. The molecule has 0 aliphatic rings. The Morgan fingerprint density at radius 3 is 2.64 bits per heavy atom. The summed E-state index contributed by atoms with van der Waals surface area (Å²) in [6, 6.07) is 1.60. The minimum absolute atomic E-state index is 0.00815. The molecule has 0 heterocycles. The molecule has 0 amide bonds. The normalized spacial score (nSPS) is 12.6. The fourth-order valence-electron chi connectivity index (χ4n) is 1.08. The largest absolute Gasteiger partial charge is 0.478 e. The van der Waals surface area contributed by atoms with Crippen LogP contribution in [0.3, 0.4) is 0 Å². The summed E-state index contributed by atoms with van der Waals surface area (Å²) in [7, 11) is 0. The van der Waals surface area contributed by atoms with Crippen molar-refractivity contribution in [1.29, 1.82) is 0 Å². The van der Waals surface area contributed by atoms with Crippen LogP contribution in [0.25, 0.3) is 0 Å². The van der Waals surface area contributed by atoms with Gasteiger partial charge in [0.05, 0.1) is 10.6 Å². The van der Waals surface area contributed by atoms with Crippen molar-refractivity contribution in [2.75, 3.05) is 0 Å². The molecule has 76 valence electrons. The zero-order valence-electron chi connectivity index (χ0n) is 7.42. The smallest absolute Gasteiger partial charge is 0.337 e. The van der Waals surface area contributed by atoms with Gasteiger partial charge < -0.3 is 10.8 Å². The third-order valence-electron chi connectivity index (χ3n) is 1.81. The minimum Gasteiger partial charge on any atom is -0.478 e. The van der Waals surface area contributed by atoms with Crippen LogP contribution in [0.2, 0.25) is 5.02 Å². The molecule has 0 aliphatic carbocycles. The van der Waals surface area contributed by atoms with E-state index in [9.17, 15) is 9.18 Å². The van der Waals surface area contributed by atoms with Gasteiger partial charge in [0.1, 0.15) is 5.82 Å². The first-order chi connectivity index (χ1) is 6.43. The highest BCUT2D eigenvalue weighted by molar-refractivity contribution is 6.33. The van der Waals surface area contributed by atoms with Gasteiger partial charge in [-0.3, -0.25) is 0 Å². The average molecular weight is 218 g/mol. The molecule has 0 unspecified atom stereocenters. The molecule has 3 nitrogen and oxygen atoms in total. The second-order valence-electron chi connectivity index (χ2n) is 2.95. The Bertz CT molecular complexity index is 379. The Hall–Kier alpha value is -1.13. The summed E-state index contributed by atoms with van der Waals surface area (Å²) in [6.07, 6.45) is 0. The predicted octanol–water partition coefficient (Wildman–Crippen LogP) is 2.20. The predicted molar refractivity (Wildman–Crippen MR) is 51.0 cm³/mol. The van der Waals surface area contributed by atoms with E-state index in [1.165, 1.54) is 6.07 Å². The van der Waals surface area contributed by atoms with Crippen LogP contribution >= 0.6 is 11.6 Å². The van der Waals surface area contributed by atoms with Crippen LogP contribution in [0, 0.1) is 5.82 Å². The average Bonchev–Trinajstić information content (AvgIpc) is 2.07. The lowest BCUT2D eigenvalue weighted by Crippen LogP contribution is -2.09. The molecule has 3 N–H and O–H groups in total. The summed E-state index contributed by atoms with van der Waals surface area (Å²) in [6.45, 7) is 1.59. The van der Waals surface area contributed by atoms with E-state index in [4.69, 9.17) is 22.4 Å². The van der Waals surface area contributed by atoms with Crippen LogP contribution in [0.5, 0.6) is 0 Å². The Morgan fingerprint density at radius 1 is 1.64 bits per heavy atom. The van der Waals surface area contributed by atoms with Gasteiger partial charge in [0.2, 0.25) is 0 Å². The lowest BCUT2D eigenvalue weighted by Gasteiger charge is -2.09. The first kappa shape index (κ1) is 10.9. The van der Waals surface area contributed by atoms with Crippen molar-refractivity contribution in [1.82, 2.24) is 0 Å². The van der Waals surface area contributed by atoms with Gasteiger partial charge in [-0.2, -0.15) is 0 Å². The van der Waals surface area contributed by atoms with E-state index in [1.54, 1.807) is 6.92 Å². The number of rotatable bonds is 2. The highest BCUT2D eigenvalue weighted by atomic mass is 35.5. The van der Waals surface area contributed by atoms with E-state index in [0.717, 1.165) is 6.07 Å². The second-order valence-corrected chi connectivity index (χ2v) is 3.35. The lowest BCUT2D eigenvalue weighted by atomic mass is 10.1. The first-order valence-electron chi connectivity index (χ1n) is 3.91. The van der Waals surface area contributed by atoms with Crippen LogP contribution in [0.15, 0.2) is 12.1 Å². The van der Waals surface area contributed by atoms with Crippen LogP contribution in [0.4, 0.5) is 4.39 Å². The van der Waals surface area contributed by atoms with Crippen molar-refractivity contribution in [3.63, 3.8) is 0 Å². The molecule has 0 saturated heterocycles. The van der Waals surface area contributed by atoms with Crippen molar-refractivity contribution in [3.05, 3.63) is 34.1 Å². The molecule has 1 rings (SSSR count). The molecule has 0 radical (unpaired) electrons. The van der Waals surface area contributed by atoms with Crippen molar-refractivity contribution in [3.8, 4) is 0 Å². The van der Waals surface area contributed by atoms with Crippen LogP contribution < -0.4 is 5.73 Å². The summed E-state index contributed by atoms with van der Waals surface area (Å²) < 4.78 is 13.2. The van der Waals surface area contributed by atoms with Gasteiger partial charge in [-0.15, -0.1) is 0 Å². The molecular weight excluding hydrogens is 209 g/mol. The molecule has 1 atom stereocenters. The summed E-state index contributed by atoms with van der Waals surface area (Å²) in [5, 5.41) is 8.63. The lowest BCUT2D eigenvalue weighted by molar-refractivity contribution is 0.0696. The minimum atomic E-state index is -1.26. The second kappa shape index (κ2) is 3.94. The van der Waals surface area contributed by atoms with Crippen molar-refractivity contribution >= 4 is 17.6 Å². The Morgan fingerprint density at radius 2 is 2.21 bits per heavy atom. The SMILES string of the molecule is C[C@H](N)c1cc(Cl)c(C(=O)O)cc1F. The third kappa shape index (κ3) is 2.02. The number of hydrogen-bond donors (Lipinski definition) is 2. The summed E-state index contributed by atoms with van der Waals surface area (Å²) >= 11 is 5.64. The quantitative estimate of drug-likeness (QED) is 0.798. The number of nitrogens with two attached hydrogens (primary N) is 1. The highest BCUT2D eigenvalue weighted by Gasteiger charge is 2.15. The van der Waals surface area contributed by atoms with Gasteiger partial charge >= 0.3 is 5.97 Å². The van der Waals surface area contributed by atoms with E-state index in [-0.39, 0.29) is 16.1 Å². The van der Waals surface area contributed by atoms with E-state index in [1.807, 2.05) is 0 Å². The van der Waals surface area contributed by atoms with Crippen LogP contribution in [0.1, 0.15) is 28.9 Å². The molecule has 5 heteroatoms. The van der Waals surface area contributed by atoms with Crippen molar-refractivity contribution < 1.29 is 14.3 Å². The zero-order valence-corrected chi connectivity index (χ0v) is 8.18. The Kier molecular flexibility index (Phi) is 3.08. The van der Waals surface area contributed by atoms with Gasteiger partial charge in [0.25, 0.3) is 0 Å². The fraction of sp³-hybridized carbons (Fsp3) is 0.222. The molecule has 14 heavy (non-hydrogen) atoms. The maximum Gasteiger partial charge on any atom is 0.337 e. The van der Waals surface area contributed by atoms with E-state index < -0.39 is 17.8 Å². The number of carboxylic acid groups (broad SMARTS) is 1. The molecule has 0 aromatic heterocycles. The van der Waals surface area contributed by atoms with Gasteiger partial charge in [-0.25, -0.2) is 9.18 Å². The molecule has 0 aliphatic heterocycles. The standard InChI is InChI=1S/C9H9ClFNO2/c1-4(12)5-2-7(10)6(9(13)14)3-8(5)11/h2-4H,12H2,1H3,(H,13,14)/t4-/m0/s1.